The molecule has 2 aromatic rings. The van der Waals surface area contributed by atoms with E-state index in [4.69, 9.17) is 5.73 Å². The molecule has 4 N–H and O–H groups in total. The lowest BCUT2D eigenvalue weighted by molar-refractivity contribution is -0.113. The number of thiophene rings is 1. The Labute approximate surface area is 156 Å². The summed E-state index contributed by atoms with van der Waals surface area (Å²) in [6.07, 6.45) is 5.21. The first kappa shape index (κ1) is 16.8. The van der Waals surface area contributed by atoms with E-state index in [1.165, 1.54) is 47.3 Å². The quantitative estimate of drug-likeness (QED) is 0.621. The van der Waals surface area contributed by atoms with Crippen molar-refractivity contribution in [3.8, 4) is 0 Å². The summed E-state index contributed by atoms with van der Waals surface area (Å²) < 4.78 is 0.752. The molecule has 0 saturated heterocycles. The Balaban J connectivity index is 1.36. The number of carbonyl (C=O) groups excluding carboxylic acids is 2. The molecule has 0 unspecified atom stereocenters. The van der Waals surface area contributed by atoms with Gasteiger partial charge in [0.05, 0.1) is 11.3 Å². The maximum atomic E-state index is 12.2. The molecular formula is C15H17N5O2S3. The van der Waals surface area contributed by atoms with Crippen molar-refractivity contribution in [1.29, 1.82) is 0 Å². The lowest BCUT2D eigenvalue weighted by Crippen LogP contribution is -2.18. The van der Waals surface area contributed by atoms with Crippen molar-refractivity contribution >= 4 is 56.4 Å². The number of hydrogen-bond donors (Lipinski definition) is 3. The van der Waals surface area contributed by atoms with Crippen LogP contribution in [0.3, 0.4) is 0 Å². The molecule has 0 aromatic carbocycles. The Hall–Kier alpha value is -1.65. The molecule has 0 radical (unpaired) electrons. The molecule has 2 aliphatic rings. The van der Waals surface area contributed by atoms with Gasteiger partial charge in [-0.25, -0.2) is 0 Å². The zero-order valence-corrected chi connectivity index (χ0v) is 15.8. The average Bonchev–Trinajstić information content (AvgIpc) is 2.94. The van der Waals surface area contributed by atoms with Crippen LogP contribution in [0.15, 0.2) is 4.34 Å². The Morgan fingerprint density at radius 3 is 2.84 bits per heavy atom. The van der Waals surface area contributed by atoms with Crippen LogP contribution < -0.4 is 16.4 Å². The molecule has 132 valence electrons. The number of primary amides is 1. The predicted molar refractivity (Wildman–Crippen MR) is 101 cm³/mol. The van der Waals surface area contributed by atoms with E-state index >= 15 is 0 Å². The maximum Gasteiger partial charge on any atom is 0.251 e. The van der Waals surface area contributed by atoms with Crippen LogP contribution in [0.5, 0.6) is 0 Å². The highest BCUT2D eigenvalue weighted by Gasteiger charge is 2.26. The van der Waals surface area contributed by atoms with E-state index in [9.17, 15) is 9.59 Å². The fraction of sp³-hybridized carbons (Fsp3) is 0.467. The van der Waals surface area contributed by atoms with Crippen molar-refractivity contribution in [3.63, 3.8) is 0 Å². The molecule has 2 aliphatic carbocycles. The minimum absolute atomic E-state index is 0.167. The highest BCUT2D eigenvalue weighted by Crippen LogP contribution is 2.39. The van der Waals surface area contributed by atoms with Gasteiger partial charge in [0.1, 0.15) is 5.00 Å². The number of aromatic nitrogens is 2. The number of fused-ring (bicyclic) bond motifs is 1. The van der Waals surface area contributed by atoms with Gasteiger partial charge in [0.15, 0.2) is 4.34 Å². The molecular weight excluding hydrogens is 378 g/mol. The SMILES string of the molecule is NC(=O)c1c(NC(=O)CSc2nnc(NC3CC3)s2)sc2c1CCC2. The third-order valence-electron chi connectivity index (χ3n) is 4.06. The summed E-state index contributed by atoms with van der Waals surface area (Å²) in [4.78, 5) is 25.2. The summed E-state index contributed by atoms with van der Waals surface area (Å²) in [5.74, 6) is -0.416. The van der Waals surface area contributed by atoms with Gasteiger partial charge in [-0.05, 0) is 37.7 Å². The summed E-state index contributed by atoms with van der Waals surface area (Å²) in [6.45, 7) is 0. The van der Waals surface area contributed by atoms with E-state index < -0.39 is 5.91 Å². The van der Waals surface area contributed by atoms with Crippen LogP contribution in [-0.2, 0) is 17.6 Å². The number of amides is 2. The molecule has 0 spiro atoms. The third-order valence-corrected chi connectivity index (χ3v) is 7.25. The number of nitrogens with two attached hydrogens (primary N) is 1. The molecule has 1 saturated carbocycles. The third kappa shape index (κ3) is 3.80. The van der Waals surface area contributed by atoms with Gasteiger partial charge in [0.2, 0.25) is 11.0 Å². The Morgan fingerprint density at radius 1 is 1.24 bits per heavy atom. The van der Waals surface area contributed by atoms with E-state index in [0.717, 1.165) is 39.2 Å². The molecule has 4 rings (SSSR count). The number of nitrogens with one attached hydrogen (secondary N) is 2. The van der Waals surface area contributed by atoms with Crippen molar-refractivity contribution in [1.82, 2.24) is 10.2 Å². The van der Waals surface area contributed by atoms with Gasteiger partial charge in [-0.2, -0.15) is 0 Å². The summed E-state index contributed by atoms with van der Waals surface area (Å²) >= 11 is 4.26. The van der Waals surface area contributed by atoms with Crippen molar-refractivity contribution < 1.29 is 9.59 Å². The van der Waals surface area contributed by atoms with E-state index in [-0.39, 0.29) is 11.7 Å². The van der Waals surface area contributed by atoms with E-state index in [1.54, 1.807) is 0 Å². The molecule has 7 nitrogen and oxygen atoms in total. The summed E-state index contributed by atoms with van der Waals surface area (Å²) in [5.41, 5.74) is 7.01. The Kier molecular flexibility index (Phi) is 4.65. The molecule has 25 heavy (non-hydrogen) atoms. The van der Waals surface area contributed by atoms with Crippen LogP contribution >= 0.6 is 34.4 Å². The fourth-order valence-electron chi connectivity index (χ4n) is 2.77. The second kappa shape index (κ2) is 6.93. The van der Waals surface area contributed by atoms with Gasteiger partial charge in [-0.3, -0.25) is 9.59 Å². The van der Waals surface area contributed by atoms with Crippen LogP contribution in [-0.4, -0.2) is 33.8 Å². The van der Waals surface area contributed by atoms with Gasteiger partial charge < -0.3 is 16.4 Å². The smallest absolute Gasteiger partial charge is 0.251 e. The molecule has 0 aliphatic heterocycles. The molecule has 0 atom stereocenters. The number of rotatable bonds is 7. The van der Waals surface area contributed by atoms with Gasteiger partial charge >= 0.3 is 0 Å². The highest BCUT2D eigenvalue weighted by molar-refractivity contribution is 8.01. The fourth-order valence-corrected chi connectivity index (χ4v) is 5.71. The van der Waals surface area contributed by atoms with Crippen LogP contribution in [0.4, 0.5) is 10.1 Å². The minimum atomic E-state index is -0.470. The first-order chi connectivity index (χ1) is 12.1. The monoisotopic (exact) mass is 395 g/mol. The highest BCUT2D eigenvalue weighted by atomic mass is 32.2. The number of thioether (sulfide) groups is 1. The van der Waals surface area contributed by atoms with Crippen molar-refractivity contribution in [2.45, 2.75) is 42.5 Å². The number of carbonyl (C=O) groups is 2. The number of nitrogens with zero attached hydrogens (tertiary/aromatic N) is 2. The molecule has 2 aromatic heterocycles. The van der Waals surface area contributed by atoms with Gasteiger partial charge in [-0.1, -0.05) is 23.1 Å². The molecule has 2 amide bonds. The Morgan fingerprint density at radius 2 is 2.08 bits per heavy atom. The molecule has 2 heterocycles. The summed E-state index contributed by atoms with van der Waals surface area (Å²) in [7, 11) is 0. The summed E-state index contributed by atoms with van der Waals surface area (Å²) in [6, 6.07) is 0.530. The van der Waals surface area contributed by atoms with Crippen LogP contribution in [0, 0.1) is 0 Å². The average molecular weight is 396 g/mol. The maximum absolute atomic E-state index is 12.2. The number of aryl methyl sites for hydroxylation is 1. The molecule has 1 fully saturated rings. The van der Waals surface area contributed by atoms with Crippen molar-refractivity contribution in [2.75, 3.05) is 16.4 Å². The molecule has 10 heteroatoms. The second-order valence-electron chi connectivity index (χ2n) is 6.05. The Bertz CT molecular complexity index is 827. The van der Waals surface area contributed by atoms with E-state index in [1.807, 2.05) is 0 Å². The largest absolute Gasteiger partial charge is 0.365 e. The van der Waals surface area contributed by atoms with Crippen LogP contribution in [0.1, 0.15) is 40.1 Å². The van der Waals surface area contributed by atoms with Crippen LogP contribution in [0.2, 0.25) is 0 Å². The zero-order chi connectivity index (χ0) is 17.4. The normalized spacial score (nSPS) is 15.8. The van der Waals surface area contributed by atoms with E-state index in [0.29, 0.717) is 16.6 Å². The molecule has 0 bridgehead atoms. The minimum Gasteiger partial charge on any atom is -0.365 e. The standard InChI is InChI=1S/C15H17N5O2S3/c16-12(22)11-8-2-1-3-9(8)24-13(11)18-10(21)6-23-15-20-19-14(25-15)17-7-4-5-7/h7H,1-6H2,(H2,16,22)(H,17,19)(H,18,21). The van der Waals surface area contributed by atoms with Crippen molar-refractivity contribution in [2.24, 2.45) is 5.73 Å². The number of anilines is 2. The lowest BCUT2D eigenvalue weighted by Gasteiger charge is -2.05. The lowest BCUT2D eigenvalue weighted by atomic mass is 10.1. The first-order valence-corrected chi connectivity index (χ1v) is 10.7. The van der Waals surface area contributed by atoms with E-state index in [2.05, 4.69) is 20.8 Å². The first-order valence-electron chi connectivity index (χ1n) is 8.07. The van der Waals surface area contributed by atoms with Gasteiger partial charge in [0, 0.05) is 10.9 Å². The number of hydrogen-bond acceptors (Lipinski definition) is 8. The second-order valence-corrected chi connectivity index (χ2v) is 9.36. The topological polar surface area (TPSA) is 110 Å². The van der Waals surface area contributed by atoms with Gasteiger partial charge in [-0.15, -0.1) is 21.5 Å². The zero-order valence-electron chi connectivity index (χ0n) is 13.3. The van der Waals surface area contributed by atoms with Crippen molar-refractivity contribution in [3.05, 3.63) is 16.0 Å². The van der Waals surface area contributed by atoms with Crippen LogP contribution in [0.25, 0.3) is 0 Å². The van der Waals surface area contributed by atoms with Gasteiger partial charge in [0.25, 0.3) is 5.91 Å². The predicted octanol–water partition coefficient (Wildman–Crippen LogP) is 2.49. The summed E-state index contributed by atoms with van der Waals surface area (Å²) in [5, 5.41) is 15.7.